The molecule has 0 radical (unpaired) electrons. The second kappa shape index (κ2) is 12.1. The molecule has 0 aromatic rings. The van der Waals surface area contributed by atoms with Crippen molar-refractivity contribution >= 4 is 5.97 Å². The minimum absolute atomic E-state index is 0.150. The summed E-state index contributed by atoms with van der Waals surface area (Å²) >= 11 is 0. The van der Waals surface area contributed by atoms with Crippen LogP contribution >= 0.6 is 0 Å². The number of carbonyl (C=O) groups is 1. The Bertz CT molecular complexity index is 247. The highest BCUT2D eigenvalue weighted by Crippen LogP contribution is 2.01. The topological polar surface area (TPSA) is 44.8 Å². The number of hydrogen-bond donors (Lipinski definition) is 1. The minimum Gasteiger partial charge on any atom is -0.468 e. The number of ether oxygens (including phenoxy) is 1. The average molecular weight is 287 g/mol. The molecule has 1 unspecified atom stereocenters. The standard InChI is InChI=1S/C15H33N3O2/c1-6-9-16-14(15(19)20-5)8-11-18(10-7-2)13-12-17(3)4/h14,16H,6-13H2,1-5H3. The summed E-state index contributed by atoms with van der Waals surface area (Å²) in [6.45, 7) is 9.24. The fourth-order valence-electron chi connectivity index (χ4n) is 2.07. The summed E-state index contributed by atoms with van der Waals surface area (Å²) in [5.74, 6) is -0.150. The Morgan fingerprint density at radius 3 is 2.30 bits per heavy atom. The zero-order chi connectivity index (χ0) is 15.4. The SMILES string of the molecule is CCCNC(CCN(CCC)CCN(C)C)C(=O)OC. The quantitative estimate of drug-likeness (QED) is 0.546. The smallest absolute Gasteiger partial charge is 0.322 e. The van der Waals surface area contributed by atoms with Gasteiger partial charge in [0.25, 0.3) is 0 Å². The van der Waals surface area contributed by atoms with Crippen LogP contribution in [0.25, 0.3) is 0 Å². The number of nitrogens with zero attached hydrogens (tertiary/aromatic N) is 2. The summed E-state index contributed by atoms with van der Waals surface area (Å²) in [6, 6.07) is -0.182. The van der Waals surface area contributed by atoms with E-state index in [2.05, 4.69) is 43.1 Å². The Labute approximate surface area is 124 Å². The molecule has 120 valence electrons. The van der Waals surface area contributed by atoms with Crippen LogP contribution in [0.4, 0.5) is 0 Å². The summed E-state index contributed by atoms with van der Waals surface area (Å²) in [5, 5.41) is 3.27. The van der Waals surface area contributed by atoms with E-state index in [0.29, 0.717) is 0 Å². The van der Waals surface area contributed by atoms with Crippen molar-refractivity contribution in [2.24, 2.45) is 0 Å². The molecule has 1 atom stereocenters. The predicted molar refractivity (Wildman–Crippen MR) is 84.0 cm³/mol. The van der Waals surface area contributed by atoms with Gasteiger partial charge in [-0.15, -0.1) is 0 Å². The van der Waals surface area contributed by atoms with Crippen molar-refractivity contribution in [3.8, 4) is 0 Å². The average Bonchev–Trinajstić information content (AvgIpc) is 2.43. The lowest BCUT2D eigenvalue weighted by Gasteiger charge is -2.25. The molecule has 1 N–H and O–H groups in total. The highest BCUT2D eigenvalue weighted by Gasteiger charge is 2.19. The second-order valence-electron chi connectivity index (χ2n) is 5.46. The summed E-state index contributed by atoms with van der Waals surface area (Å²) in [7, 11) is 5.63. The van der Waals surface area contributed by atoms with Gasteiger partial charge in [-0.2, -0.15) is 0 Å². The second-order valence-corrected chi connectivity index (χ2v) is 5.46. The molecule has 20 heavy (non-hydrogen) atoms. The Hall–Kier alpha value is -0.650. The molecule has 0 saturated heterocycles. The van der Waals surface area contributed by atoms with Gasteiger partial charge in [-0.25, -0.2) is 0 Å². The third-order valence-electron chi connectivity index (χ3n) is 3.26. The van der Waals surface area contributed by atoms with Gasteiger partial charge in [-0.1, -0.05) is 13.8 Å². The number of rotatable bonds is 12. The maximum Gasteiger partial charge on any atom is 0.322 e. The minimum atomic E-state index is -0.182. The molecule has 0 bridgehead atoms. The van der Waals surface area contributed by atoms with Gasteiger partial charge in [0.2, 0.25) is 0 Å². The van der Waals surface area contributed by atoms with Crippen LogP contribution in [0.1, 0.15) is 33.1 Å². The first-order valence-corrected chi connectivity index (χ1v) is 7.73. The molecule has 0 spiro atoms. The van der Waals surface area contributed by atoms with Gasteiger partial charge < -0.3 is 19.9 Å². The fourth-order valence-corrected chi connectivity index (χ4v) is 2.07. The maximum atomic E-state index is 11.7. The molecule has 0 rings (SSSR count). The molecule has 0 aliphatic rings. The van der Waals surface area contributed by atoms with E-state index in [1.807, 2.05) is 0 Å². The maximum absolute atomic E-state index is 11.7. The van der Waals surface area contributed by atoms with Gasteiger partial charge in [-0.05, 0) is 46.4 Å². The van der Waals surface area contributed by atoms with Crippen LogP contribution in [0.2, 0.25) is 0 Å². The van der Waals surface area contributed by atoms with Crippen molar-refractivity contribution in [3.05, 3.63) is 0 Å². The lowest BCUT2D eigenvalue weighted by molar-refractivity contribution is -0.143. The van der Waals surface area contributed by atoms with E-state index in [4.69, 9.17) is 4.74 Å². The van der Waals surface area contributed by atoms with E-state index in [1.165, 1.54) is 7.11 Å². The Morgan fingerprint density at radius 1 is 1.10 bits per heavy atom. The van der Waals surface area contributed by atoms with Crippen molar-refractivity contribution in [2.45, 2.75) is 39.2 Å². The highest BCUT2D eigenvalue weighted by molar-refractivity contribution is 5.75. The van der Waals surface area contributed by atoms with Crippen LogP contribution in [0.3, 0.4) is 0 Å². The van der Waals surface area contributed by atoms with Crippen LogP contribution in [0, 0.1) is 0 Å². The first-order valence-electron chi connectivity index (χ1n) is 7.73. The zero-order valence-corrected chi connectivity index (χ0v) is 13.9. The van der Waals surface area contributed by atoms with Crippen molar-refractivity contribution in [3.63, 3.8) is 0 Å². The monoisotopic (exact) mass is 287 g/mol. The molecule has 0 heterocycles. The van der Waals surface area contributed by atoms with E-state index in [0.717, 1.165) is 52.0 Å². The van der Waals surface area contributed by atoms with Gasteiger partial charge in [0, 0.05) is 19.6 Å². The van der Waals surface area contributed by atoms with E-state index < -0.39 is 0 Å². The lowest BCUT2D eigenvalue weighted by Crippen LogP contribution is -2.42. The molecule has 0 aliphatic carbocycles. The molecular weight excluding hydrogens is 254 g/mol. The van der Waals surface area contributed by atoms with Gasteiger partial charge in [0.05, 0.1) is 7.11 Å². The molecule has 5 nitrogen and oxygen atoms in total. The van der Waals surface area contributed by atoms with Crippen molar-refractivity contribution in [1.82, 2.24) is 15.1 Å². The molecule has 0 saturated carbocycles. The van der Waals surface area contributed by atoms with Crippen LogP contribution in [-0.4, -0.2) is 75.7 Å². The predicted octanol–water partition coefficient (Wildman–Crippen LogP) is 1.19. The first kappa shape index (κ1) is 19.4. The van der Waals surface area contributed by atoms with Crippen molar-refractivity contribution in [1.29, 1.82) is 0 Å². The first-order chi connectivity index (χ1) is 9.54. The van der Waals surface area contributed by atoms with E-state index in [-0.39, 0.29) is 12.0 Å². The van der Waals surface area contributed by atoms with Crippen molar-refractivity contribution < 1.29 is 9.53 Å². The molecule has 0 aliphatic heterocycles. The van der Waals surface area contributed by atoms with Crippen LogP contribution in [0.15, 0.2) is 0 Å². The number of methoxy groups -OCH3 is 1. The lowest BCUT2D eigenvalue weighted by atomic mass is 10.2. The van der Waals surface area contributed by atoms with Gasteiger partial charge in [-0.3, -0.25) is 4.79 Å². The summed E-state index contributed by atoms with van der Waals surface area (Å²) < 4.78 is 4.87. The Balaban J connectivity index is 4.25. The van der Waals surface area contributed by atoms with E-state index in [1.54, 1.807) is 0 Å². The Kier molecular flexibility index (Phi) is 11.7. The number of carbonyl (C=O) groups excluding carboxylic acids is 1. The van der Waals surface area contributed by atoms with Gasteiger partial charge in [0.1, 0.15) is 6.04 Å². The Morgan fingerprint density at radius 2 is 1.80 bits per heavy atom. The third-order valence-corrected chi connectivity index (χ3v) is 3.26. The van der Waals surface area contributed by atoms with E-state index >= 15 is 0 Å². The molecule has 0 aromatic heterocycles. The molecule has 0 amide bonds. The zero-order valence-electron chi connectivity index (χ0n) is 13.9. The van der Waals surface area contributed by atoms with Crippen LogP contribution in [-0.2, 0) is 9.53 Å². The number of nitrogens with one attached hydrogen (secondary N) is 1. The molecule has 0 fully saturated rings. The summed E-state index contributed by atoms with van der Waals surface area (Å²) in [4.78, 5) is 16.4. The summed E-state index contributed by atoms with van der Waals surface area (Å²) in [6.07, 6.45) is 2.96. The fraction of sp³-hybridized carbons (Fsp3) is 0.933. The van der Waals surface area contributed by atoms with Crippen molar-refractivity contribution in [2.75, 3.05) is 53.9 Å². The third kappa shape index (κ3) is 9.28. The number of esters is 1. The molecule has 0 aromatic carbocycles. The number of likely N-dealkylation sites (N-methyl/N-ethyl adjacent to an activating group) is 1. The molecular formula is C15H33N3O2. The largest absolute Gasteiger partial charge is 0.468 e. The number of hydrogen-bond acceptors (Lipinski definition) is 5. The van der Waals surface area contributed by atoms with Gasteiger partial charge >= 0.3 is 5.97 Å². The normalized spacial score (nSPS) is 12.9. The highest BCUT2D eigenvalue weighted by atomic mass is 16.5. The summed E-state index contributed by atoms with van der Waals surface area (Å²) in [5.41, 5.74) is 0. The van der Waals surface area contributed by atoms with Gasteiger partial charge in [0.15, 0.2) is 0 Å². The van der Waals surface area contributed by atoms with E-state index in [9.17, 15) is 4.79 Å². The molecule has 5 heteroatoms. The van der Waals surface area contributed by atoms with Crippen LogP contribution in [0.5, 0.6) is 0 Å². The van der Waals surface area contributed by atoms with Crippen LogP contribution < -0.4 is 5.32 Å².